The summed E-state index contributed by atoms with van der Waals surface area (Å²) in [6, 6.07) is 0.421. The van der Waals surface area contributed by atoms with Crippen LogP contribution in [0.3, 0.4) is 0 Å². The first-order valence-corrected chi connectivity index (χ1v) is 5.50. The molecule has 14 heavy (non-hydrogen) atoms. The molecule has 0 radical (unpaired) electrons. The lowest BCUT2D eigenvalue weighted by atomic mass is 9.84. The highest BCUT2D eigenvalue weighted by Gasteiger charge is 2.36. The van der Waals surface area contributed by atoms with Crippen molar-refractivity contribution in [1.29, 1.82) is 0 Å². The van der Waals surface area contributed by atoms with Crippen molar-refractivity contribution in [3.8, 4) is 0 Å². The van der Waals surface area contributed by atoms with Crippen LogP contribution in [0.4, 0.5) is 0 Å². The predicted molar refractivity (Wildman–Crippen MR) is 60.3 cm³/mol. The van der Waals surface area contributed by atoms with Crippen LogP contribution in [0.15, 0.2) is 12.2 Å². The average Bonchev–Trinajstić information content (AvgIpc) is 2.03. The third kappa shape index (κ3) is 2.82. The van der Waals surface area contributed by atoms with Gasteiger partial charge in [0.25, 0.3) is 0 Å². The van der Waals surface area contributed by atoms with E-state index in [9.17, 15) is 5.11 Å². The molecule has 1 aliphatic carbocycles. The van der Waals surface area contributed by atoms with E-state index in [0.717, 1.165) is 0 Å². The number of nitrogens with one attached hydrogen (secondary N) is 1. The number of aliphatic hydroxyl groups is 1. The molecule has 0 spiro atoms. The van der Waals surface area contributed by atoms with Crippen molar-refractivity contribution in [2.24, 2.45) is 0 Å². The summed E-state index contributed by atoms with van der Waals surface area (Å²) in [5.41, 5.74) is -0.947. The summed E-state index contributed by atoms with van der Waals surface area (Å²) in [5, 5.41) is 13.5. The first-order chi connectivity index (χ1) is 6.33. The fourth-order valence-corrected chi connectivity index (χ4v) is 1.57. The van der Waals surface area contributed by atoms with Crippen molar-refractivity contribution in [3.05, 3.63) is 12.2 Å². The van der Waals surface area contributed by atoms with Gasteiger partial charge in [-0.2, -0.15) is 0 Å². The van der Waals surface area contributed by atoms with E-state index >= 15 is 0 Å². The standard InChI is InChI=1S/C12H23NO/c1-11(2,12(3,4)14)13-10-8-6-5-7-9-10/h6,8,10,13-14H,5,7,9H2,1-4H3. The monoisotopic (exact) mass is 197 g/mol. The zero-order valence-electron chi connectivity index (χ0n) is 9.80. The lowest BCUT2D eigenvalue weighted by Gasteiger charge is -2.41. The fraction of sp³-hybridized carbons (Fsp3) is 0.833. The van der Waals surface area contributed by atoms with Gasteiger partial charge in [0.2, 0.25) is 0 Å². The summed E-state index contributed by atoms with van der Waals surface area (Å²) in [6.45, 7) is 7.81. The Hall–Kier alpha value is -0.340. The fourth-order valence-electron chi connectivity index (χ4n) is 1.57. The summed E-state index contributed by atoms with van der Waals surface area (Å²) < 4.78 is 0. The van der Waals surface area contributed by atoms with E-state index in [1.165, 1.54) is 19.3 Å². The maximum Gasteiger partial charge on any atom is 0.0767 e. The van der Waals surface area contributed by atoms with E-state index in [1.807, 2.05) is 13.8 Å². The minimum absolute atomic E-state index is 0.251. The molecule has 0 aromatic heterocycles. The van der Waals surface area contributed by atoms with E-state index in [1.54, 1.807) is 0 Å². The Kier molecular flexibility index (Phi) is 3.38. The molecular weight excluding hydrogens is 174 g/mol. The number of hydrogen-bond donors (Lipinski definition) is 2. The highest BCUT2D eigenvalue weighted by molar-refractivity contribution is 5.03. The maximum atomic E-state index is 9.99. The Labute approximate surface area is 87.4 Å². The first kappa shape index (κ1) is 11.7. The van der Waals surface area contributed by atoms with Crippen molar-refractivity contribution in [2.45, 2.75) is 64.1 Å². The molecule has 2 nitrogen and oxygen atoms in total. The van der Waals surface area contributed by atoms with Crippen LogP contribution in [-0.4, -0.2) is 22.3 Å². The molecule has 0 bridgehead atoms. The molecule has 0 saturated heterocycles. The summed E-state index contributed by atoms with van der Waals surface area (Å²) in [6.07, 6.45) is 8.06. The maximum absolute atomic E-state index is 9.99. The Morgan fingerprint density at radius 2 is 1.93 bits per heavy atom. The molecule has 1 rings (SSSR count). The molecule has 0 fully saturated rings. The van der Waals surface area contributed by atoms with E-state index in [0.29, 0.717) is 6.04 Å². The normalized spacial score (nSPS) is 23.9. The van der Waals surface area contributed by atoms with Crippen LogP contribution in [0.25, 0.3) is 0 Å². The van der Waals surface area contributed by atoms with E-state index < -0.39 is 5.60 Å². The summed E-state index contributed by atoms with van der Waals surface area (Å²) in [7, 11) is 0. The number of allylic oxidation sites excluding steroid dienone is 1. The second-order valence-electron chi connectivity index (χ2n) is 5.29. The number of rotatable bonds is 3. The zero-order valence-corrected chi connectivity index (χ0v) is 9.80. The van der Waals surface area contributed by atoms with Crippen LogP contribution in [0.2, 0.25) is 0 Å². The van der Waals surface area contributed by atoms with Gasteiger partial charge in [-0.1, -0.05) is 12.2 Å². The largest absolute Gasteiger partial charge is 0.389 e. The highest BCUT2D eigenvalue weighted by atomic mass is 16.3. The quantitative estimate of drug-likeness (QED) is 0.680. The van der Waals surface area contributed by atoms with Crippen LogP contribution in [0, 0.1) is 0 Å². The second kappa shape index (κ2) is 4.03. The molecular formula is C12H23NO. The molecule has 0 aromatic carbocycles. The second-order valence-corrected chi connectivity index (χ2v) is 5.29. The van der Waals surface area contributed by atoms with Gasteiger partial charge in [-0.25, -0.2) is 0 Å². The molecule has 2 heteroatoms. The van der Waals surface area contributed by atoms with Gasteiger partial charge in [-0.15, -0.1) is 0 Å². The minimum atomic E-state index is -0.696. The molecule has 1 unspecified atom stereocenters. The van der Waals surface area contributed by atoms with Crippen molar-refractivity contribution in [2.75, 3.05) is 0 Å². The average molecular weight is 197 g/mol. The molecule has 2 N–H and O–H groups in total. The Morgan fingerprint density at radius 1 is 1.29 bits per heavy atom. The molecule has 0 heterocycles. The van der Waals surface area contributed by atoms with Gasteiger partial charge < -0.3 is 10.4 Å². The van der Waals surface area contributed by atoms with Crippen molar-refractivity contribution >= 4 is 0 Å². The lowest BCUT2D eigenvalue weighted by molar-refractivity contribution is -0.00824. The summed E-state index contributed by atoms with van der Waals surface area (Å²) in [4.78, 5) is 0. The van der Waals surface area contributed by atoms with E-state index in [4.69, 9.17) is 0 Å². The van der Waals surface area contributed by atoms with Crippen LogP contribution >= 0.6 is 0 Å². The van der Waals surface area contributed by atoms with Gasteiger partial charge in [0.1, 0.15) is 0 Å². The highest BCUT2D eigenvalue weighted by Crippen LogP contribution is 2.23. The first-order valence-electron chi connectivity index (χ1n) is 5.50. The van der Waals surface area contributed by atoms with Gasteiger partial charge >= 0.3 is 0 Å². The lowest BCUT2D eigenvalue weighted by Crippen LogP contribution is -2.58. The predicted octanol–water partition coefficient (Wildman–Crippen LogP) is 2.23. The SMILES string of the molecule is CC(C)(O)C(C)(C)NC1C=CCCC1. The summed E-state index contributed by atoms with van der Waals surface area (Å²) >= 11 is 0. The van der Waals surface area contributed by atoms with Crippen molar-refractivity contribution in [1.82, 2.24) is 5.32 Å². The van der Waals surface area contributed by atoms with Gasteiger partial charge in [-0.05, 0) is 47.0 Å². The third-order valence-electron chi connectivity index (χ3n) is 3.33. The van der Waals surface area contributed by atoms with Crippen LogP contribution in [0.1, 0.15) is 47.0 Å². The van der Waals surface area contributed by atoms with Gasteiger partial charge in [0, 0.05) is 11.6 Å². The smallest absolute Gasteiger partial charge is 0.0767 e. The Morgan fingerprint density at radius 3 is 2.36 bits per heavy atom. The molecule has 82 valence electrons. The Bertz CT molecular complexity index is 213. The minimum Gasteiger partial charge on any atom is -0.389 e. The molecule has 1 atom stereocenters. The van der Waals surface area contributed by atoms with Crippen molar-refractivity contribution < 1.29 is 5.11 Å². The van der Waals surface area contributed by atoms with E-state index in [-0.39, 0.29) is 5.54 Å². The third-order valence-corrected chi connectivity index (χ3v) is 3.33. The van der Waals surface area contributed by atoms with Crippen LogP contribution in [0.5, 0.6) is 0 Å². The molecule has 0 aromatic rings. The molecule has 1 aliphatic rings. The topological polar surface area (TPSA) is 32.3 Å². The molecule has 0 amide bonds. The number of hydrogen-bond acceptors (Lipinski definition) is 2. The molecule has 0 saturated carbocycles. The molecule has 0 aliphatic heterocycles. The van der Waals surface area contributed by atoms with Gasteiger partial charge in [0.05, 0.1) is 5.60 Å². The van der Waals surface area contributed by atoms with Crippen LogP contribution < -0.4 is 5.32 Å². The Balaban J connectivity index is 2.58. The summed E-state index contributed by atoms with van der Waals surface area (Å²) in [5.74, 6) is 0. The van der Waals surface area contributed by atoms with Crippen LogP contribution in [-0.2, 0) is 0 Å². The van der Waals surface area contributed by atoms with Gasteiger partial charge in [0.15, 0.2) is 0 Å². The van der Waals surface area contributed by atoms with Gasteiger partial charge in [-0.3, -0.25) is 0 Å². The van der Waals surface area contributed by atoms with E-state index in [2.05, 4.69) is 31.3 Å². The van der Waals surface area contributed by atoms with Crippen molar-refractivity contribution in [3.63, 3.8) is 0 Å². The zero-order chi connectivity index (χ0) is 10.8.